The number of carbonyl (C=O) groups is 1. The summed E-state index contributed by atoms with van der Waals surface area (Å²) in [6.45, 7) is 2.69. The Balaban J connectivity index is 1.58. The van der Waals surface area contributed by atoms with E-state index >= 15 is 0 Å². The van der Waals surface area contributed by atoms with E-state index in [1.165, 1.54) is 23.9 Å². The zero-order chi connectivity index (χ0) is 24.9. The lowest BCUT2D eigenvalue weighted by molar-refractivity contribution is -0.122. The van der Waals surface area contributed by atoms with Crippen molar-refractivity contribution < 1.29 is 18.7 Å². The van der Waals surface area contributed by atoms with Crippen molar-refractivity contribution in [2.24, 2.45) is 4.99 Å². The second-order valence-electron chi connectivity index (χ2n) is 7.48. The van der Waals surface area contributed by atoms with Crippen LogP contribution >= 0.6 is 39.3 Å². The topological polar surface area (TPSA) is 51.1 Å². The maximum atomic E-state index is 13.2. The van der Waals surface area contributed by atoms with Crippen LogP contribution in [0.1, 0.15) is 18.1 Å². The third kappa shape index (κ3) is 6.07. The van der Waals surface area contributed by atoms with Gasteiger partial charge in [0.05, 0.1) is 22.2 Å². The number of hydrogen-bond donors (Lipinski definition) is 0. The van der Waals surface area contributed by atoms with E-state index in [0.29, 0.717) is 49.9 Å². The fourth-order valence-corrected chi connectivity index (χ4v) is 5.11. The molecule has 0 saturated carbocycles. The smallest absolute Gasteiger partial charge is 0.266 e. The van der Waals surface area contributed by atoms with Gasteiger partial charge in [0.15, 0.2) is 16.7 Å². The van der Waals surface area contributed by atoms with Gasteiger partial charge in [-0.3, -0.25) is 9.69 Å². The first kappa shape index (κ1) is 25.3. The van der Waals surface area contributed by atoms with Gasteiger partial charge in [-0.15, -0.1) is 0 Å². The second-order valence-corrected chi connectivity index (χ2v) is 9.78. The van der Waals surface area contributed by atoms with Crippen molar-refractivity contribution in [2.75, 3.05) is 13.7 Å². The number of carbonyl (C=O) groups excluding carboxylic acids is 1. The molecule has 1 aliphatic rings. The van der Waals surface area contributed by atoms with E-state index in [0.717, 1.165) is 11.1 Å². The molecule has 0 atom stereocenters. The summed E-state index contributed by atoms with van der Waals surface area (Å²) in [4.78, 5) is 19.7. The largest absolute Gasteiger partial charge is 0.493 e. The molecule has 0 aliphatic carbocycles. The Morgan fingerprint density at radius 1 is 1.14 bits per heavy atom. The predicted molar refractivity (Wildman–Crippen MR) is 143 cm³/mol. The van der Waals surface area contributed by atoms with Gasteiger partial charge < -0.3 is 9.47 Å². The van der Waals surface area contributed by atoms with Crippen LogP contribution in [0.5, 0.6) is 11.5 Å². The number of halogens is 3. The normalized spacial score (nSPS) is 15.8. The van der Waals surface area contributed by atoms with Crippen molar-refractivity contribution in [3.63, 3.8) is 0 Å². The van der Waals surface area contributed by atoms with E-state index < -0.39 is 0 Å². The summed E-state index contributed by atoms with van der Waals surface area (Å²) in [5, 5.41) is 1.21. The van der Waals surface area contributed by atoms with Gasteiger partial charge in [0, 0.05) is 11.6 Å². The van der Waals surface area contributed by atoms with Crippen molar-refractivity contribution >= 4 is 62.1 Å². The lowest BCUT2D eigenvalue weighted by atomic mass is 10.1. The van der Waals surface area contributed by atoms with Crippen molar-refractivity contribution in [3.05, 3.63) is 92.0 Å². The summed E-state index contributed by atoms with van der Waals surface area (Å²) >= 11 is 10.8. The summed E-state index contributed by atoms with van der Waals surface area (Å²) < 4.78 is 25.5. The van der Waals surface area contributed by atoms with Gasteiger partial charge in [-0.05, 0) is 100 Å². The summed E-state index contributed by atoms with van der Waals surface area (Å²) in [6.07, 6.45) is 1.79. The van der Waals surface area contributed by atoms with Gasteiger partial charge in [-0.1, -0.05) is 23.7 Å². The molecule has 1 heterocycles. The minimum atomic E-state index is -0.336. The number of methoxy groups -OCH3 is 1. The van der Waals surface area contributed by atoms with Crippen LogP contribution < -0.4 is 9.47 Å². The number of likely N-dealkylation sites (N-methyl/N-ethyl adjacent to an activating group) is 1. The van der Waals surface area contributed by atoms with Gasteiger partial charge >= 0.3 is 0 Å². The summed E-state index contributed by atoms with van der Waals surface area (Å²) in [5.41, 5.74) is 2.31. The lowest BCUT2D eigenvalue weighted by Crippen LogP contribution is -2.28. The molecule has 3 aromatic rings. The molecule has 0 unspecified atom stereocenters. The Morgan fingerprint density at radius 2 is 1.86 bits per heavy atom. The molecule has 5 nitrogen and oxygen atoms in total. The molecule has 0 bridgehead atoms. The number of amidine groups is 1. The molecule has 0 radical (unpaired) electrons. The van der Waals surface area contributed by atoms with Crippen molar-refractivity contribution in [1.82, 2.24) is 4.90 Å². The van der Waals surface area contributed by atoms with Crippen LogP contribution in [0.3, 0.4) is 0 Å². The van der Waals surface area contributed by atoms with E-state index in [-0.39, 0.29) is 11.7 Å². The van der Waals surface area contributed by atoms with E-state index in [1.54, 1.807) is 30.2 Å². The van der Waals surface area contributed by atoms with Crippen LogP contribution in [0.25, 0.3) is 6.08 Å². The SMILES string of the molecule is CCN1C(=O)/C(=C\c2cc(Br)c(OCc3ccc(Cl)cc3)c(OC)c2)SC1=Nc1ccc(F)cc1. The first-order chi connectivity index (χ1) is 16.9. The number of benzene rings is 3. The Kier molecular flexibility index (Phi) is 8.15. The van der Waals surface area contributed by atoms with Crippen molar-refractivity contribution in [2.45, 2.75) is 13.5 Å². The molecule has 3 aromatic carbocycles. The maximum absolute atomic E-state index is 13.2. The molecule has 180 valence electrons. The maximum Gasteiger partial charge on any atom is 0.266 e. The van der Waals surface area contributed by atoms with Gasteiger partial charge in [0.2, 0.25) is 0 Å². The molecule has 1 aliphatic heterocycles. The highest BCUT2D eigenvalue weighted by molar-refractivity contribution is 9.10. The van der Waals surface area contributed by atoms with E-state index in [9.17, 15) is 9.18 Å². The first-order valence-electron chi connectivity index (χ1n) is 10.7. The van der Waals surface area contributed by atoms with E-state index in [1.807, 2.05) is 43.3 Å². The summed E-state index contributed by atoms with van der Waals surface area (Å²) in [5.74, 6) is 0.612. The van der Waals surface area contributed by atoms with E-state index in [2.05, 4.69) is 20.9 Å². The van der Waals surface area contributed by atoms with Crippen LogP contribution in [0.15, 0.2) is 75.0 Å². The van der Waals surface area contributed by atoms with Crippen molar-refractivity contribution in [1.29, 1.82) is 0 Å². The number of ether oxygens (including phenoxy) is 2. The molecule has 1 saturated heterocycles. The third-order valence-corrected chi connectivity index (χ3v) is 6.95. The molecule has 35 heavy (non-hydrogen) atoms. The zero-order valence-electron chi connectivity index (χ0n) is 18.9. The van der Waals surface area contributed by atoms with Crippen molar-refractivity contribution in [3.8, 4) is 11.5 Å². The highest BCUT2D eigenvalue weighted by Crippen LogP contribution is 2.40. The molecule has 4 rings (SSSR count). The summed E-state index contributed by atoms with van der Waals surface area (Å²) in [6, 6.07) is 16.9. The molecular weight excluding hydrogens is 555 g/mol. The standard InChI is InChI=1S/C26H21BrClFN2O3S/c1-3-31-25(32)23(35-26(31)30-20-10-8-19(29)9-11-20)14-17-12-21(27)24(22(13-17)33-2)34-15-16-4-6-18(28)7-5-16/h4-14H,3,15H2,1-2H3/b23-14+,30-26?. The van der Waals surface area contributed by atoms with Gasteiger partial charge in [-0.2, -0.15) is 0 Å². The van der Waals surface area contributed by atoms with E-state index in [4.69, 9.17) is 21.1 Å². The average Bonchev–Trinajstić information content (AvgIpc) is 3.14. The Morgan fingerprint density at radius 3 is 2.51 bits per heavy atom. The average molecular weight is 576 g/mol. The highest BCUT2D eigenvalue weighted by atomic mass is 79.9. The fourth-order valence-electron chi connectivity index (χ4n) is 3.35. The number of nitrogens with zero attached hydrogens (tertiary/aromatic N) is 2. The van der Waals surface area contributed by atoms with Crippen LogP contribution in [0.2, 0.25) is 5.02 Å². The Hall–Kier alpha value is -2.81. The molecule has 0 spiro atoms. The molecular formula is C26H21BrClFN2O3S. The molecule has 1 fully saturated rings. The molecule has 0 N–H and O–H groups in total. The summed E-state index contributed by atoms with van der Waals surface area (Å²) in [7, 11) is 1.57. The Bertz CT molecular complexity index is 1300. The first-order valence-corrected chi connectivity index (χ1v) is 12.7. The number of hydrogen-bond acceptors (Lipinski definition) is 5. The monoisotopic (exact) mass is 574 g/mol. The van der Waals surface area contributed by atoms with Crippen LogP contribution in [0.4, 0.5) is 10.1 Å². The van der Waals surface area contributed by atoms with Gasteiger partial charge in [0.1, 0.15) is 12.4 Å². The van der Waals surface area contributed by atoms with Gasteiger partial charge in [0.25, 0.3) is 5.91 Å². The number of amides is 1. The second kappa shape index (κ2) is 11.3. The lowest BCUT2D eigenvalue weighted by Gasteiger charge is -2.14. The van der Waals surface area contributed by atoms with Crippen LogP contribution in [0, 0.1) is 5.82 Å². The predicted octanol–water partition coefficient (Wildman–Crippen LogP) is 7.45. The minimum absolute atomic E-state index is 0.142. The fraction of sp³-hybridized carbons (Fsp3) is 0.154. The highest BCUT2D eigenvalue weighted by Gasteiger charge is 2.32. The Labute approximate surface area is 220 Å². The molecule has 9 heteroatoms. The zero-order valence-corrected chi connectivity index (χ0v) is 22.1. The number of rotatable bonds is 7. The van der Waals surface area contributed by atoms with Crippen LogP contribution in [-0.2, 0) is 11.4 Å². The molecule has 0 aromatic heterocycles. The van der Waals surface area contributed by atoms with Crippen LogP contribution in [-0.4, -0.2) is 29.6 Å². The minimum Gasteiger partial charge on any atom is -0.493 e. The number of thioether (sulfide) groups is 1. The third-order valence-electron chi connectivity index (χ3n) is 5.10. The quantitative estimate of drug-likeness (QED) is 0.275. The molecule has 1 amide bonds. The van der Waals surface area contributed by atoms with Gasteiger partial charge in [-0.25, -0.2) is 9.38 Å². The number of aliphatic imine (C=N–C) groups is 1.